The second-order valence-corrected chi connectivity index (χ2v) is 9.32. The minimum atomic E-state index is -0.278. The minimum Gasteiger partial charge on any atom is -0.370 e. The summed E-state index contributed by atoms with van der Waals surface area (Å²) in [5.74, 6) is 0.624. The minimum absolute atomic E-state index is 0.0169. The van der Waals surface area contributed by atoms with E-state index in [9.17, 15) is 4.79 Å². The summed E-state index contributed by atoms with van der Waals surface area (Å²) in [6.45, 7) is 8.76. The lowest BCUT2D eigenvalue weighted by molar-refractivity contribution is 0.0929. The molecule has 3 rings (SSSR count). The molecule has 8 heteroatoms. The topological polar surface area (TPSA) is 131 Å². The van der Waals surface area contributed by atoms with E-state index in [0.29, 0.717) is 12.4 Å². The van der Waals surface area contributed by atoms with E-state index in [1.807, 2.05) is 25.1 Å². The van der Waals surface area contributed by atoms with Crippen molar-refractivity contribution in [2.24, 2.45) is 21.9 Å². The third-order valence-electron chi connectivity index (χ3n) is 5.20. The van der Waals surface area contributed by atoms with Crippen LogP contribution in [0.3, 0.4) is 0 Å². The fourth-order valence-electron chi connectivity index (χ4n) is 3.68. The van der Waals surface area contributed by atoms with Crippen LogP contribution in [0.1, 0.15) is 62.6 Å². The summed E-state index contributed by atoms with van der Waals surface area (Å²) >= 11 is 0. The van der Waals surface area contributed by atoms with Crippen LogP contribution >= 0.6 is 0 Å². The predicted molar refractivity (Wildman–Crippen MR) is 122 cm³/mol. The van der Waals surface area contributed by atoms with E-state index < -0.39 is 0 Å². The second kappa shape index (κ2) is 8.85. The number of nitrogens with two attached hydrogens (primary N) is 2. The van der Waals surface area contributed by atoms with Crippen molar-refractivity contribution in [3.05, 3.63) is 29.6 Å². The maximum absolute atomic E-state index is 12.7. The number of anilines is 1. The number of fused-ring (bicyclic) bond motifs is 1. The lowest BCUT2D eigenvalue weighted by Crippen LogP contribution is -2.39. The number of guanidine groups is 1. The van der Waals surface area contributed by atoms with Crippen molar-refractivity contribution in [2.45, 2.75) is 65.5 Å². The van der Waals surface area contributed by atoms with E-state index in [2.05, 4.69) is 46.4 Å². The first kappa shape index (κ1) is 21.8. The van der Waals surface area contributed by atoms with Crippen LogP contribution in [0, 0.1) is 12.3 Å². The van der Waals surface area contributed by atoms with Crippen LogP contribution < -0.4 is 22.1 Å². The largest absolute Gasteiger partial charge is 0.370 e. The van der Waals surface area contributed by atoms with Crippen LogP contribution in [0.5, 0.6) is 0 Å². The molecule has 2 aromatic rings. The standard InChI is InChI=1S/C22H33N7O/c1-13-9-10-15-14(11-13)18(27-16-7-5-6-8-17(16)28-21(23)24)29-19(26-15)20(30)25-12-22(2,3)4/h9-11,16-17H,5-8,12H2,1-4H3,(H,25,30)(H4,23,24,28)(H,26,27,29). The zero-order chi connectivity index (χ0) is 21.9. The fraction of sp³-hybridized carbons (Fsp3) is 0.545. The average Bonchev–Trinajstić information content (AvgIpc) is 2.66. The lowest BCUT2D eigenvalue weighted by atomic mass is 9.90. The van der Waals surface area contributed by atoms with Crippen molar-refractivity contribution in [3.63, 3.8) is 0 Å². The zero-order valence-corrected chi connectivity index (χ0v) is 18.3. The van der Waals surface area contributed by atoms with Gasteiger partial charge in [-0.2, -0.15) is 0 Å². The van der Waals surface area contributed by atoms with Crippen molar-refractivity contribution in [2.75, 3.05) is 11.9 Å². The molecule has 2 unspecified atom stereocenters. The molecule has 8 nitrogen and oxygen atoms in total. The number of benzene rings is 1. The van der Waals surface area contributed by atoms with Gasteiger partial charge in [0, 0.05) is 11.9 Å². The fourth-order valence-corrected chi connectivity index (χ4v) is 3.68. The maximum atomic E-state index is 12.7. The van der Waals surface area contributed by atoms with Crippen molar-refractivity contribution >= 4 is 28.6 Å². The number of nitrogens with zero attached hydrogens (tertiary/aromatic N) is 3. The summed E-state index contributed by atoms with van der Waals surface area (Å²) in [5, 5.41) is 7.34. The number of carbonyl (C=O) groups is 1. The van der Waals surface area contributed by atoms with Gasteiger partial charge in [-0.3, -0.25) is 4.79 Å². The van der Waals surface area contributed by atoms with Gasteiger partial charge in [-0.1, -0.05) is 45.2 Å². The monoisotopic (exact) mass is 411 g/mol. The summed E-state index contributed by atoms with van der Waals surface area (Å²) < 4.78 is 0. The highest BCUT2D eigenvalue weighted by molar-refractivity contribution is 5.96. The molecule has 1 amide bonds. The van der Waals surface area contributed by atoms with Gasteiger partial charge in [-0.25, -0.2) is 15.0 Å². The molecular weight excluding hydrogens is 378 g/mol. The highest BCUT2D eigenvalue weighted by Crippen LogP contribution is 2.28. The second-order valence-electron chi connectivity index (χ2n) is 9.32. The Hall–Kier alpha value is -2.90. The summed E-state index contributed by atoms with van der Waals surface area (Å²) in [5.41, 5.74) is 13.1. The maximum Gasteiger partial charge on any atom is 0.289 e. The molecule has 1 fully saturated rings. The number of aromatic nitrogens is 2. The lowest BCUT2D eigenvalue weighted by Gasteiger charge is -2.30. The number of rotatable bonds is 5. The number of aliphatic imine (C=N–C) groups is 1. The molecule has 1 aromatic heterocycles. The van der Waals surface area contributed by atoms with Gasteiger partial charge in [-0.15, -0.1) is 0 Å². The molecule has 1 heterocycles. The SMILES string of the molecule is Cc1ccc2nc(C(=O)NCC(C)(C)C)nc(NC3CCCCC3N=C(N)N)c2c1. The summed E-state index contributed by atoms with van der Waals surface area (Å²) in [7, 11) is 0. The Morgan fingerprint density at radius 1 is 1.20 bits per heavy atom. The Labute approximate surface area is 177 Å². The molecule has 0 bridgehead atoms. The van der Waals surface area contributed by atoms with Crippen LogP contribution in [-0.2, 0) is 0 Å². The molecule has 30 heavy (non-hydrogen) atoms. The highest BCUT2D eigenvalue weighted by Gasteiger charge is 2.26. The van der Waals surface area contributed by atoms with Crippen LogP contribution in [0.2, 0.25) is 0 Å². The Bertz CT molecular complexity index is 944. The first-order chi connectivity index (χ1) is 14.1. The van der Waals surface area contributed by atoms with Gasteiger partial charge in [0.15, 0.2) is 5.96 Å². The van der Waals surface area contributed by atoms with Gasteiger partial charge < -0.3 is 22.1 Å². The predicted octanol–water partition coefficient (Wildman–Crippen LogP) is 2.71. The normalized spacial score (nSPS) is 19.3. The molecule has 0 saturated heterocycles. The van der Waals surface area contributed by atoms with Crippen LogP contribution in [0.4, 0.5) is 5.82 Å². The molecule has 1 aromatic carbocycles. The van der Waals surface area contributed by atoms with Gasteiger partial charge >= 0.3 is 0 Å². The Kier molecular flexibility index (Phi) is 6.43. The van der Waals surface area contributed by atoms with Crippen LogP contribution in [-0.4, -0.2) is 40.5 Å². The number of nitrogens with one attached hydrogen (secondary N) is 2. The number of hydrogen-bond acceptors (Lipinski definition) is 5. The molecule has 0 aliphatic heterocycles. The van der Waals surface area contributed by atoms with Gasteiger partial charge in [0.1, 0.15) is 5.82 Å². The van der Waals surface area contributed by atoms with Crippen LogP contribution in [0.25, 0.3) is 10.9 Å². The summed E-state index contributed by atoms with van der Waals surface area (Å²) in [6.07, 6.45) is 4.03. The molecule has 2 atom stereocenters. The molecule has 1 saturated carbocycles. The van der Waals surface area contributed by atoms with Gasteiger partial charge in [0.2, 0.25) is 5.82 Å². The Morgan fingerprint density at radius 2 is 1.93 bits per heavy atom. The van der Waals surface area contributed by atoms with E-state index in [4.69, 9.17) is 11.5 Å². The van der Waals surface area contributed by atoms with Crippen molar-refractivity contribution in [3.8, 4) is 0 Å². The molecule has 1 aliphatic carbocycles. The molecule has 0 spiro atoms. The van der Waals surface area contributed by atoms with Crippen LogP contribution in [0.15, 0.2) is 23.2 Å². The Morgan fingerprint density at radius 3 is 2.63 bits per heavy atom. The van der Waals surface area contributed by atoms with Crippen molar-refractivity contribution in [1.82, 2.24) is 15.3 Å². The summed E-state index contributed by atoms with van der Waals surface area (Å²) in [4.78, 5) is 26.3. The smallest absolute Gasteiger partial charge is 0.289 e. The average molecular weight is 412 g/mol. The zero-order valence-electron chi connectivity index (χ0n) is 18.3. The highest BCUT2D eigenvalue weighted by atomic mass is 16.2. The van der Waals surface area contributed by atoms with Gasteiger partial charge in [0.05, 0.1) is 17.6 Å². The van der Waals surface area contributed by atoms with E-state index in [1.54, 1.807) is 0 Å². The molecular formula is C22H33N7O. The molecule has 162 valence electrons. The third kappa shape index (κ3) is 5.58. The van der Waals surface area contributed by atoms with Crippen molar-refractivity contribution < 1.29 is 4.79 Å². The number of hydrogen-bond donors (Lipinski definition) is 4. The van der Waals surface area contributed by atoms with E-state index in [-0.39, 0.29) is 35.2 Å². The number of carbonyl (C=O) groups excluding carboxylic acids is 1. The van der Waals surface area contributed by atoms with Gasteiger partial charge in [-0.05, 0) is 37.3 Å². The Balaban J connectivity index is 1.96. The van der Waals surface area contributed by atoms with Gasteiger partial charge in [0.25, 0.3) is 5.91 Å². The molecule has 1 aliphatic rings. The van der Waals surface area contributed by atoms with E-state index >= 15 is 0 Å². The van der Waals surface area contributed by atoms with E-state index in [0.717, 1.165) is 42.1 Å². The first-order valence-corrected chi connectivity index (χ1v) is 10.5. The molecule has 0 radical (unpaired) electrons. The number of amides is 1. The summed E-state index contributed by atoms with van der Waals surface area (Å²) in [6, 6.07) is 5.97. The number of aryl methyl sites for hydroxylation is 1. The van der Waals surface area contributed by atoms with Crippen molar-refractivity contribution in [1.29, 1.82) is 0 Å². The molecule has 6 N–H and O–H groups in total. The first-order valence-electron chi connectivity index (χ1n) is 10.5. The third-order valence-corrected chi connectivity index (χ3v) is 5.20. The van der Waals surface area contributed by atoms with E-state index in [1.165, 1.54) is 0 Å². The quantitative estimate of drug-likeness (QED) is 0.442.